The normalized spacial score (nSPS) is 12.0. The van der Waals surface area contributed by atoms with Gasteiger partial charge in [-0.1, -0.05) is 42.5 Å². The van der Waals surface area contributed by atoms with Gasteiger partial charge in [0.1, 0.15) is 11.4 Å². The van der Waals surface area contributed by atoms with E-state index in [1.807, 2.05) is 24.3 Å². The summed E-state index contributed by atoms with van der Waals surface area (Å²) in [5.41, 5.74) is 2.91. The molecule has 3 N–H and O–H groups in total. The van der Waals surface area contributed by atoms with Gasteiger partial charge in [0, 0.05) is 11.4 Å². The fourth-order valence-corrected chi connectivity index (χ4v) is 3.66. The molecule has 8 heteroatoms. The average Bonchev–Trinajstić information content (AvgIpc) is 3.22. The molecule has 2 aromatic heterocycles. The summed E-state index contributed by atoms with van der Waals surface area (Å²) in [6, 6.07) is 16.4. The number of hydrogen-bond donors (Lipinski definition) is 3. The van der Waals surface area contributed by atoms with Crippen molar-refractivity contribution in [3.63, 3.8) is 0 Å². The number of carbonyl (C=O) groups is 1. The molecule has 1 amide bonds. The van der Waals surface area contributed by atoms with E-state index in [1.165, 1.54) is 6.33 Å². The van der Waals surface area contributed by atoms with Crippen LogP contribution >= 0.6 is 11.8 Å². The van der Waals surface area contributed by atoms with Crippen molar-refractivity contribution in [3.05, 3.63) is 78.2 Å². The standard InChI is InChI=1S/C20H17N5O2S/c26-17(14-6-2-1-3-7-14)19(27)24-15-8-4-5-13(9-15)11-28-20-16-10-23-25-18(16)21-12-22-20/h1-10,12,17,26H,11H2,(H,24,27)(H,21,22,23,25). The first kappa shape index (κ1) is 18.1. The summed E-state index contributed by atoms with van der Waals surface area (Å²) in [6.07, 6.45) is 2.00. The molecular weight excluding hydrogens is 374 g/mol. The van der Waals surface area contributed by atoms with Crippen molar-refractivity contribution in [1.29, 1.82) is 0 Å². The van der Waals surface area contributed by atoms with Crippen molar-refractivity contribution in [3.8, 4) is 0 Å². The minimum atomic E-state index is -1.21. The van der Waals surface area contributed by atoms with Crippen LogP contribution in [0.2, 0.25) is 0 Å². The van der Waals surface area contributed by atoms with E-state index in [0.717, 1.165) is 16.0 Å². The number of H-pyrrole nitrogens is 1. The van der Waals surface area contributed by atoms with Gasteiger partial charge in [-0.15, -0.1) is 11.8 Å². The maximum atomic E-state index is 12.3. The molecule has 2 heterocycles. The molecule has 0 radical (unpaired) electrons. The number of aromatic amines is 1. The van der Waals surface area contributed by atoms with Crippen LogP contribution in [0.15, 0.2) is 72.1 Å². The molecule has 4 aromatic rings. The predicted octanol–water partition coefficient (Wildman–Crippen LogP) is 3.32. The van der Waals surface area contributed by atoms with E-state index in [2.05, 4.69) is 25.5 Å². The highest BCUT2D eigenvalue weighted by Crippen LogP contribution is 2.27. The monoisotopic (exact) mass is 391 g/mol. The van der Waals surface area contributed by atoms with Crippen LogP contribution in [0.25, 0.3) is 11.0 Å². The van der Waals surface area contributed by atoms with Gasteiger partial charge in [-0.2, -0.15) is 5.10 Å². The van der Waals surface area contributed by atoms with Gasteiger partial charge in [0.05, 0.1) is 11.6 Å². The third-order valence-electron chi connectivity index (χ3n) is 4.15. The third kappa shape index (κ3) is 4.03. The van der Waals surface area contributed by atoms with Crippen molar-refractivity contribution in [2.45, 2.75) is 16.9 Å². The van der Waals surface area contributed by atoms with E-state index >= 15 is 0 Å². The molecule has 4 rings (SSSR count). The molecule has 0 saturated heterocycles. The molecule has 0 bridgehead atoms. The number of rotatable bonds is 6. The Kier molecular flexibility index (Phi) is 5.31. The summed E-state index contributed by atoms with van der Waals surface area (Å²) in [5.74, 6) is 0.203. The molecule has 0 aliphatic rings. The Hall–Kier alpha value is -3.23. The topological polar surface area (TPSA) is 104 Å². The highest BCUT2D eigenvalue weighted by molar-refractivity contribution is 7.98. The number of aliphatic hydroxyl groups is 1. The minimum Gasteiger partial charge on any atom is -0.378 e. The van der Waals surface area contributed by atoms with Crippen LogP contribution in [0.3, 0.4) is 0 Å². The Morgan fingerprint density at radius 1 is 1.14 bits per heavy atom. The number of carbonyl (C=O) groups excluding carboxylic acids is 1. The van der Waals surface area contributed by atoms with E-state index in [1.54, 1.807) is 48.3 Å². The minimum absolute atomic E-state index is 0.466. The lowest BCUT2D eigenvalue weighted by atomic mass is 10.1. The molecule has 0 aliphatic heterocycles. The molecular formula is C20H17N5O2S. The molecule has 2 aromatic carbocycles. The number of hydrogen-bond acceptors (Lipinski definition) is 6. The van der Waals surface area contributed by atoms with Gasteiger partial charge in [0.25, 0.3) is 5.91 Å². The van der Waals surface area contributed by atoms with E-state index in [4.69, 9.17) is 0 Å². The van der Waals surface area contributed by atoms with Crippen LogP contribution in [0.1, 0.15) is 17.2 Å². The first-order valence-electron chi connectivity index (χ1n) is 8.60. The SMILES string of the molecule is O=C(Nc1cccc(CSc2ncnc3[nH]ncc23)c1)C(O)c1ccccc1. The van der Waals surface area contributed by atoms with Crippen LogP contribution in [-0.4, -0.2) is 31.2 Å². The van der Waals surface area contributed by atoms with E-state index in [0.29, 0.717) is 22.7 Å². The Balaban J connectivity index is 1.43. The Labute approximate surface area is 165 Å². The second-order valence-corrected chi connectivity index (χ2v) is 7.07. The number of amides is 1. The zero-order valence-corrected chi connectivity index (χ0v) is 15.6. The number of thioether (sulfide) groups is 1. The van der Waals surface area contributed by atoms with Crippen molar-refractivity contribution < 1.29 is 9.90 Å². The second-order valence-electron chi connectivity index (χ2n) is 6.10. The Morgan fingerprint density at radius 3 is 2.86 bits per heavy atom. The van der Waals surface area contributed by atoms with Gasteiger partial charge in [0.15, 0.2) is 11.8 Å². The Morgan fingerprint density at radius 2 is 2.00 bits per heavy atom. The highest BCUT2D eigenvalue weighted by atomic mass is 32.2. The molecule has 0 aliphatic carbocycles. The predicted molar refractivity (Wildman–Crippen MR) is 108 cm³/mol. The lowest BCUT2D eigenvalue weighted by Gasteiger charge is -2.12. The summed E-state index contributed by atoms with van der Waals surface area (Å²) in [4.78, 5) is 20.8. The lowest BCUT2D eigenvalue weighted by molar-refractivity contribution is -0.124. The molecule has 0 fully saturated rings. The van der Waals surface area contributed by atoms with Gasteiger partial charge in [0.2, 0.25) is 0 Å². The number of anilines is 1. The van der Waals surface area contributed by atoms with Crippen molar-refractivity contribution in [2.24, 2.45) is 0 Å². The summed E-state index contributed by atoms with van der Waals surface area (Å²) in [7, 11) is 0. The number of fused-ring (bicyclic) bond motifs is 1. The molecule has 0 spiro atoms. The molecule has 1 atom stereocenters. The zero-order chi connectivity index (χ0) is 19.3. The van der Waals surface area contributed by atoms with Gasteiger partial charge < -0.3 is 10.4 Å². The Bertz CT molecular complexity index is 1100. The number of nitrogens with zero attached hydrogens (tertiary/aromatic N) is 3. The van der Waals surface area contributed by atoms with Crippen molar-refractivity contribution >= 4 is 34.4 Å². The summed E-state index contributed by atoms with van der Waals surface area (Å²) in [6.45, 7) is 0. The number of aromatic nitrogens is 4. The maximum absolute atomic E-state index is 12.3. The van der Waals surface area contributed by atoms with Crippen LogP contribution in [0.4, 0.5) is 5.69 Å². The molecule has 28 heavy (non-hydrogen) atoms. The van der Waals surface area contributed by atoms with Crippen LogP contribution in [0, 0.1) is 0 Å². The van der Waals surface area contributed by atoms with E-state index in [9.17, 15) is 9.90 Å². The van der Waals surface area contributed by atoms with Gasteiger partial charge in [-0.3, -0.25) is 9.89 Å². The van der Waals surface area contributed by atoms with Crippen LogP contribution in [0.5, 0.6) is 0 Å². The second kappa shape index (κ2) is 8.20. The van der Waals surface area contributed by atoms with E-state index in [-0.39, 0.29) is 0 Å². The van der Waals surface area contributed by atoms with Gasteiger partial charge >= 0.3 is 0 Å². The average molecular weight is 391 g/mol. The first-order valence-corrected chi connectivity index (χ1v) is 9.59. The molecule has 0 saturated carbocycles. The molecule has 1 unspecified atom stereocenters. The van der Waals surface area contributed by atoms with Gasteiger partial charge in [-0.25, -0.2) is 9.97 Å². The lowest BCUT2D eigenvalue weighted by Crippen LogP contribution is -2.20. The summed E-state index contributed by atoms with van der Waals surface area (Å²) < 4.78 is 0. The fourth-order valence-electron chi connectivity index (χ4n) is 2.75. The fraction of sp³-hybridized carbons (Fsp3) is 0.100. The third-order valence-corrected chi connectivity index (χ3v) is 5.22. The zero-order valence-electron chi connectivity index (χ0n) is 14.7. The van der Waals surface area contributed by atoms with Crippen molar-refractivity contribution in [2.75, 3.05) is 5.32 Å². The summed E-state index contributed by atoms with van der Waals surface area (Å²) >= 11 is 1.57. The quantitative estimate of drug-likeness (QED) is 0.344. The van der Waals surface area contributed by atoms with Gasteiger partial charge in [-0.05, 0) is 23.3 Å². The largest absolute Gasteiger partial charge is 0.378 e. The number of benzene rings is 2. The summed E-state index contributed by atoms with van der Waals surface area (Å²) in [5, 5.41) is 21.5. The first-order chi connectivity index (χ1) is 13.7. The number of aliphatic hydroxyl groups excluding tert-OH is 1. The smallest absolute Gasteiger partial charge is 0.257 e. The molecule has 140 valence electrons. The maximum Gasteiger partial charge on any atom is 0.257 e. The van der Waals surface area contributed by atoms with E-state index < -0.39 is 12.0 Å². The van der Waals surface area contributed by atoms with Crippen molar-refractivity contribution in [1.82, 2.24) is 20.2 Å². The van der Waals surface area contributed by atoms with Crippen LogP contribution in [-0.2, 0) is 10.5 Å². The molecule has 7 nitrogen and oxygen atoms in total. The highest BCUT2D eigenvalue weighted by Gasteiger charge is 2.17. The number of nitrogens with one attached hydrogen (secondary N) is 2. The van der Waals surface area contributed by atoms with Crippen LogP contribution < -0.4 is 5.32 Å².